The number of benzene rings is 1. The summed E-state index contributed by atoms with van der Waals surface area (Å²) < 4.78 is 0. The van der Waals surface area contributed by atoms with Gasteiger partial charge in [0.15, 0.2) is 0 Å². The zero-order valence-electron chi connectivity index (χ0n) is 8.41. The van der Waals surface area contributed by atoms with E-state index in [1.54, 1.807) is 24.3 Å². The molecule has 2 amide bonds. The number of nitrogen functional groups attached to an aromatic ring is 1. The third kappa shape index (κ3) is 2.78. The van der Waals surface area contributed by atoms with Gasteiger partial charge in [-0.15, -0.1) is 0 Å². The second-order valence-electron chi connectivity index (χ2n) is 2.91. The molecular formula is C10H13N3O2. The lowest BCUT2D eigenvalue weighted by atomic mass is 10.1. The number of hydrazine groups is 1. The fourth-order valence-electron chi connectivity index (χ4n) is 1.12. The summed E-state index contributed by atoms with van der Waals surface area (Å²) in [5.74, 6) is 4.44. The molecule has 0 atom stereocenters. The summed E-state index contributed by atoms with van der Waals surface area (Å²) in [4.78, 5) is 22.4. The third-order valence-electron chi connectivity index (χ3n) is 1.88. The lowest BCUT2D eigenvalue weighted by molar-refractivity contribution is 0.0943. The molecule has 0 aliphatic carbocycles. The molecule has 0 aliphatic rings. The predicted molar refractivity (Wildman–Crippen MR) is 56.1 cm³/mol. The number of nitrogens with one attached hydrogen (secondary N) is 2. The number of nitrogens with two attached hydrogens (primary N) is 1. The van der Waals surface area contributed by atoms with Crippen molar-refractivity contribution in [3.8, 4) is 0 Å². The zero-order valence-corrected chi connectivity index (χ0v) is 8.41. The lowest BCUT2D eigenvalue weighted by Crippen LogP contribution is -2.30. The average Bonchev–Trinajstić information content (AvgIpc) is 2.28. The Labute approximate surface area is 87.6 Å². The number of rotatable bonds is 3. The fourth-order valence-corrected chi connectivity index (χ4v) is 1.12. The largest absolute Gasteiger partial charge is 0.352 e. The molecule has 0 aliphatic heterocycles. The quantitative estimate of drug-likeness (QED) is 0.371. The molecule has 1 aromatic carbocycles. The number of hydrogen-bond acceptors (Lipinski definition) is 3. The Balaban J connectivity index is 2.80. The van der Waals surface area contributed by atoms with Crippen molar-refractivity contribution in [1.29, 1.82) is 0 Å². The molecule has 0 heterocycles. The second-order valence-corrected chi connectivity index (χ2v) is 2.91. The summed E-state index contributed by atoms with van der Waals surface area (Å²) in [5.41, 5.74) is 2.96. The number of amides is 2. The number of hydrogen-bond donors (Lipinski definition) is 3. The minimum absolute atomic E-state index is 0.155. The topological polar surface area (TPSA) is 84.2 Å². The smallest absolute Gasteiger partial charge is 0.265 e. The van der Waals surface area contributed by atoms with Crippen LogP contribution in [-0.2, 0) is 0 Å². The Morgan fingerprint density at radius 1 is 1.13 bits per heavy atom. The van der Waals surface area contributed by atoms with Crippen molar-refractivity contribution in [2.45, 2.75) is 6.92 Å². The molecule has 0 unspecified atom stereocenters. The molecule has 0 aromatic heterocycles. The van der Waals surface area contributed by atoms with Crippen LogP contribution in [0, 0.1) is 0 Å². The van der Waals surface area contributed by atoms with E-state index in [9.17, 15) is 9.59 Å². The van der Waals surface area contributed by atoms with Crippen LogP contribution < -0.4 is 16.6 Å². The summed E-state index contributed by atoms with van der Waals surface area (Å²) >= 11 is 0. The lowest BCUT2D eigenvalue weighted by Gasteiger charge is -2.03. The SMILES string of the molecule is CCNC(=O)c1ccc(C(=O)NN)cc1. The summed E-state index contributed by atoms with van der Waals surface area (Å²) in [6.45, 7) is 2.41. The van der Waals surface area contributed by atoms with E-state index in [-0.39, 0.29) is 11.8 Å². The monoisotopic (exact) mass is 207 g/mol. The molecule has 0 bridgehead atoms. The van der Waals surface area contributed by atoms with Crippen molar-refractivity contribution in [3.05, 3.63) is 35.4 Å². The highest BCUT2D eigenvalue weighted by Crippen LogP contribution is 2.03. The van der Waals surface area contributed by atoms with Gasteiger partial charge in [-0.2, -0.15) is 0 Å². The molecule has 80 valence electrons. The molecular weight excluding hydrogens is 194 g/mol. The molecule has 1 aromatic rings. The van der Waals surface area contributed by atoms with E-state index in [1.165, 1.54) is 0 Å². The maximum Gasteiger partial charge on any atom is 0.265 e. The molecule has 5 heteroatoms. The summed E-state index contributed by atoms with van der Waals surface area (Å²) in [6, 6.07) is 6.25. The highest BCUT2D eigenvalue weighted by atomic mass is 16.2. The van der Waals surface area contributed by atoms with Gasteiger partial charge < -0.3 is 5.32 Å². The zero-order chi connectivity index (χ0) is 11.3. The Morgan fingerprint density at radius 3 is 2.00 bits per heavy atom. The fraction of sp³-hybridized carbons (Fsp3) is 0.200. The van der Waals surface area contributed by atoms with Crippen molar-refractivity contribution in [2.24, 2.45) is 5.84 Å². The normalized spacial score (nSPS) is 9.47. The van der Waals surface area contributed by atoms with Crippen molar-refractivity contribution >= 4 is 11.8 Å². The van der Waals surface area contributed by atoms with E-state index in [0.29, 0.717) is 17.7 Å². The molecule has 4 N–H and O–H groups in total. The Kier molecular flexibility index (Phi) is 3.82. The van der Waals surface area contributed by atoms with Gasteiger partial charge in [0.2, 0.25) is 0 Å². The van der Waals surface area contributed by atoms with Crippen molar-refractivity contribution < 1.29 is 9.59 Å². The highest BCUT2D eigenvalue weighted by molar-refractivity contribution is 5.97. The molecule has 0 fully saturated rings. The van der Waals surface area contributed by atoms with Crippen LogP contribution in [0.4, 0.5) is 0 Å². The molecule has 0 radical (unpaired) electrons. The van der Waals surface area contributed by atoms with Crippen molar-refractivity contribution in [2.75, 3.05) is 6.54 Å². The maximum atomic E-state index is 11.4. The molecule has 1 rings (SSSR count). The van der Waals surface area contributed by atoms with E-state index < -0.39 is 0 Å². The molecule has 15 heavy (non-hydrogen) atoms. The van der Waals surface area contributed by atoms with Gasteiger partial charge in [-0.1, -0.05) is 0 Å². The first-order chi connectivity index (χ1) is 7.19. The first-order valence-corrected chi connectivity index (χ1v) is 4.58. The van der Waals surface area contributed by atoms with Crippen LogP contribution in [0.5, 0.6) is 0 Å². The van der Waals surface area contributed by atoms with Gasteiger partial charge in [-0.25, -0.2) is 5.84 Å². The summed E-state index contributed by atoms with van der Waals surface area (Å²) in [6.07, 6.45) is 0. The standard InChI is InChI=1S/C10H13N3O2/c1-2-12-9(14)7-3-5-8(6-4-7)10(15)13-11/h3-6H,2,11H2,1H3,(H,12,14)(H,13,15). The van der Waals surface area contributed by atoms with E-state index in [0.717, 1.165) is 0 Å². The van der Waals surface area contributed by atoms with Crippen LogP contribution in [0.15, 0.2) is 24.3 Å². The van der Waals surface area contributed by atoms with Crippen LogP contribution in [-0.4, -0.2) is 18.4 Å². The molecule has 0 spiro atoms. The van der Waals surface area contributed by atoms with Gasteiger partial charge in [0.1, 0.15) is 0 Å². The predicted octanol–water partition coefficient (Wildman–Crippen LogP) is 0.0398. The van der Waals surface area contributed by atoms with Gasteiger partial charge in [-0.3, -0.25) is 15.0 Å². The summed E-state index contributed by atoms with van der Waals surface area (Å²) in [5, 5.41) is 2.66. The van der Waals surface area contributed by atoms with Gasteiger partial charge >= 0.3 is 0 Å². The van der Waals surface area contributed by atoms with Gasteiger partial charge in [-0.05, 0) is 31.2 Å². The van der Waals surface area contributed by atoms with E-state index in [4.69, 9.17) is 5.84 Å². The Bertz CT molecular complexity index is 359. The van der Waals surface area contributed by atoms with Crippen LogP contribution in [0.2, 0.25) is 0 Å². The maximum absolute atomic E-state index is 11.4. The van der Waals surface area contributed by atoms with E-state index in [2.05, 4.69) is 5.32 Å². The number of carbonyl (C=O) groups excluding carboxylic acids is 2. The van der Waals surface area contributed by atoms with Gasteiger partial charge in [0.25, 0.3) is 11.8 Å². The van der Waals surface area contributed by atoms with Gasteiger partial charge in [0.05, 0.1) is 0 Å². The minimum atomic E-state index is -0.377. The van der Waals surface area contributed by atoms with Crippen LogP contribution in [0.1, 0.15) is 27.6 Å². The second kappa shape index (κ2) is 5.11. The average molecular weight is 207 g/mol. The van der Waals surface area contributed by atoms with Gasteiger partial charge in [0, 0.05) is 17.7 Å². The van der Waals surface area contributed by atoms with Crippen molar-refractivity contribution in [1.82, 2.24) is 10.7 Å². The third-order valence-corrected chi connectivity index (χ3v) is 1.88. The van der Waals surface area contributed by atoms with Crippen LogP contribution >= 0.6 is 0 Å². The molecule has 0 saturated heterocycles. The Morgan fingerprint density at radius 2 is 1.60 bits per heavy atom. The molecule has 5 nitrogen and oxygen atoms in total. The number of carbonyl (C=O) groups is 2. The van der Waals surface area contributed by atoms with E-state index in [1.807, 2.05) is 12.3 Å². The van der Waals surface area contributed by atoms with Crippen LogP contribution in [0.25, 0.3) is 0 Å². The summed E-state index contributed by atoms with van der Waals surface area (Å²) in [7, 11) is 0. The Hall–Kier alpha value is -1.88. The van der Waals surface area contributed by atoms with Crippen molar-refractivity contribution in [3.63, 3.8) is 0 Å². The first kappa shape index (κ1) is 11.2. The minimum Gasteiger partial charge on any atom is -0.352 e. The van der Waals surface area contributed by atoms with E-state index >= 15 is 0 Å². The van der Waals surface area contributed by atoms with Crippen LogP contribution in [0.3, 0.4) is 0 Å². The first-order valence-electron chi connectivity index (χ1n) is 4.58. The highest BCUT2D eigenvalue weighted by Gasteiger charge is 2.06. The molecule has 0 saturated carbocycles.